The minimum absolute atomic E-state index is 0.356. The lowest BCUT2D eigenvalue weighted by atomic mass is 9.91. The number of nitrogens with two attached hydrogens (primary N) is 2. The van der Waals surface area contributed by atoms with Crippen molar-refractivity contribution in [1.82, 2.24) is 4.57 Å². The first-order valence-electron chi connectivity index (χ1n) is 5.95. The van der Waals surface area contributed by atoms with Crippen molar-refractivity contribution in [3.8, 4) is 0 Å². The molecular weight excluding hydrogens is 224 g/mol. The number of aliphatic imine (C=N–C) groups is 1. The molecule has 0 aliphatic carbocycles. The lowest BCUT2D eigenvalue weighted by Gasteiger charge is -2.32. The molecule has 0 fully saturated rings. The molecule has 1 aliphatic rings. The van der Waals surface area contributed by atoms with E-state index in [0.717, 1.165) is 23.5 Å². The maximum atomic E-state index is 6.04. The van der Waals surface area contributed by atoms with Gasteiger partial charge in [-0.25, -0.2) is 0 Å². The Morgan fingerprint density at radius 3 is 2.83 bits per heavy atom. The smallest absolute Gasteiger partial charge is 0.143 e. The van der Waals surface area contributed by atoms with Gasteiger partial charge in [0.2, 0.25) is 0 Å². The van der Waals surface area contributed by atoms with Crippen molar-refractivity contribution < 1.29 is 0 Å². The predicted octanol–water partition coefficient (Wildman–Crippen LogP) is 1.70. The molecule has 1 unspecified atom stereocenters. The van der Waals surface area contributed by atoms with E-state index < -0.39 is 0 Å². The zero-order chi connectivity index (χ0) is 12.8. The second-order valence-electron chi connectivity index (χ2n) is 4.92. The summed E-state index contributed by atoms with van der Waals surface area (Å²) in [6.45, 7) is 2.86. The van der Waals surface area contributed by atoms with E-state index in [4.69, 9.17) is 11.5 Å². The molecule has 0 bridgehead atoms. The third-order valence-electron chi connectivity index (χ3n) is 3.45. The van der Waals surface area contributed by atoms with E-state index in [9.17, 15) is 0 Å². The number of hydrogen-bond acceptors (Lipinski definition) is 3. The Morgan fingerprint density at radius 1 is 1.22 bits per heavy atom. The molecule has 1 aromatic carbocycles. The van der Waals surface area contributed by atoms with Crippen LogP contribution in [0.1, 0.15) is 18.2 Å². The largest absolute Gasteiger partial charge is 0.399 e. The predicted molar refractivity (Wildman–Crippen MR) is 73.4 cm³/mol. The zero-order valence-corrected chi connectivity index (χ0v) is 10.3. The molecule has 0 saturated heterocycles. The number of anilines is 1. The Labute approximate surface area is 106 Å². The summed E-state index contributed by atoms with van der Waals surface area (Å²) in [5, 5.41) is 0. The van der Waals surface area contributed by atoms with Gasteiger partial charge in [0.25, 0.3) is 0 Å². The van der Waals surface area contributed by atoms with Gasteiger partial charge in [-0.3, -0.25) is 4.99 Å². The highest BCUT2D eigenvalue weighted by Crippen LogP contribution is 2.32. The molecule has 3 rings (SSSR count). The number of amidine groups is 1. The Hall–Kier alpha value is -2.23. The quantitative estimate of drug-likeness (QED) is 0.745. The topological polar surface area (TPSA) is 69.3 Å². The number of fused-ring (bicyclic) bond motifs is 1. The van der Waals surface area contributed by atoms with Gasteiger partial charge in [0, 0.05) is 11.9 Å². The first-order chi connectivity index (χ1) is 8.58. The molecule has 0 spiro atoms. The highest BCUT2D eigenvalue weighted by Gasteiger charge is 2.31. The minimum Gasteiger partial charge on any atom is -0.399 e. The summed E-state index contributed by atoms with van der Waals surface area (Å²) in [5.41, 5.74) is 14.4. The number of aromatic nitrogens is 1. The molecule has 1 atom stereocenters. The van der Waals surface area contributed by atoms with Crippen LogP contribution in [0.25, 0.3) is 0 Å². The molecule has 18 heavy (non-hydrogen) atoms. The summed E-state index contributed by atoms with van der Waals surface area (Å²) in [6.07, 6.45) is 2.03. The molecule has 4 heteroatoms. The average Bonchev–Trinajstić information content (AvgIpc) is 2.77. The molecule has 0 radical (unpaired) electrons. The second kappa shape index (κ2) is 3.63. The van der Waals surface area contributed by atoms with Crippen LogP contribution in [0, 0.1) is 0 Å². The van der Waals surface area contributed by atoms with Crippen LogP contribution in [0.4, 0.5) is 5.69 Å². The van der Waals surface area contributed by atoms with Gasteiger partial charge >= 0.3 is 0 Å². The Morgan fingerprint density at radius 2 is 2.06 bits per heavy atom. The number of nitrogens with zero attached hydrogens (tertiary/aromatic N) is 2. The number of rotatable bonds is 1. The maximum Gasteiger partial charge on any atom is 0.143 e. The van der Waals surface area contributed by atoms with Gasteiger partial charge in [-0.05, 0) is 36.8 Å². The Bertz CT molecular complexity index is 626. The fourth-order valence-electron chi connectivity index (χ4n) is 2.50. The number of hydrogen-bond donors (Lipinski definition) is 2. The number of nitrogen functional groups attached to an aromatic ring is 1. The SMILES string of the molecule is CC1(c2cccc(N)c2)Cn2cccc2C(N)=N1. The molecule has 2 aromatic rings. The molecule has 1 aromatic heterocycles. The van der Waals surface area contributed by atoms with Gasteiger partial charge in [-0.2, -0.15) is 0 Å². The minimum atomic E-state index is -0.356. The maximum absolute atomic E-state index is 6.04. The van der Waals surface area contributed by atoms with E-state index in [0.29, 0.717) is 5.84 Å². The van der Waals surface area contributed by atoms with Crippen molar-refractivity contribution in [2.75, 3.05) is 5.73 Å². The van der Waals surface area contributed by atoms with Crippen LogP contribution in [-0.4, -0.2) is 10.4 Å². The van der Waals surface area contributed by atoms with E-state index in [2.05, 4.69) is 16.5 Å². The van der Waals surface area contributed by atoms with Crippen LogP contribution in [0.15, 0.2) is 47.6 Å². The van der Waals surface area contributed by atoms with Crippen molar-refractivity contribution >= 4 is 11.5 Å². The van der Waals surface area contributed by atoms with Crippen LogP contribution >= 0.6 is 0 Å². The van der Waals surface area contributed by atoms with Crippen molar-refractivity contribution in [2.45, 2.75) is 19.0 Å². The monoisotopic (exact) mass is 240 g/mol. The normalized spacial score (nSPS) is 22.4. The van der Waals surface area contributed by atoms with Crippen molar-refractivity contribution in [3.63, 3.8) is 0 Å². The highest BCUT2D eigenvalue weighted by atomic mass is 15.1. The average molecular weight is 240 g/mol. The van der Waals surface area contributed by atoms with Gasteiger partial charge in [0.15, 0.2) is 0 Å². The van der Waals surface area contributed by atoms with Gasteiger partial charge in [-0.15, -0.1) is 0 Å². The van der Waals surface area contributed by atoms with E-state index in [1.165, 1.54) is 0 Å². The van der Waals surface area contributed by atoms with Crippen LogP contribution < -0.4 is 11.5 Å². The van der Waals surface area contributed by atoms with Crippen molar-refractivity contribution in [3.05, 3.63) is 53.9 Å². The fourth-order valence-corrected chi connectivity index (χ4v) is 2.50. The summed E-state index contributed by atoms with van der Waals surface area (Å²) in [5.74, 6) is 0.580. The Balaban J connectivity index is 2.10. The molecule has 0 saturated carbocycles. The van der Waals surface area contributed by atoms with Crippen LogP contribution in [0.5, 0.6) is 0 Å². The first kappa shape index (κ1) is 10.9. The van der Waals surface area contributed by atoms with Gasteiger partial charge < -0.3 is 16.0 Å². The van der Waals surface area contributed by atoms with Crippen LogP contribution in [-0.2, 0) is 12.1 Å². The zero-order valence-electron chi connectivity index (χ0n) is 10.3. The summed E-state index contributed by atoms with van der Waals surface area (Å²) in [7, 11) is 0. The third kappa shape index (κ3) is 1.57. The van der Waals surface area contributed by atoms with Crippen LogP contribution in [0.2, 0.25) is 0 Å². The third-order valence-corrected chi connectivity index (χ3v) is 3.45. The molecule has 0 amide bonds. The summed E-state index contributed by atoms with van der Waals surface area (Å²) in [6, 6.07) is 11.8. The summed E-state index contributed by atoms with van der Waals surface area (Å²) in [4.78, 5) is 4.66. The Kier molecular flexibility index (Phi) is 2.20. The molecule has 92 valence electrons. The van der Waals surface area contributed by atoms with Gasteiger partial charge in [-0.1, -0.05) is 12.1 Å². The van der Waals surface area contributed by atoms with Gasteiger partial charge in [0.1, 0.15) is 11.4 Å². The van der Waals surface area contributed by atoms with E-state index in [-0.39, 0.29) is 5.54 Å². The lowest BCUT2D eigenvalue weighted by Crippen LogP contribution is -2.36. The first-order valence-corrected chi connectivity index (χ1v) is 5.95. The van der Waals surface area contributed by atoms with E-state index in [1.807, 2.05) is 42.6 Å². The standard InChI is InChI=1S/C14H16N4/c1-14(10-4-2-5-11(15)8-10)9-18-7-3-6-12(18)13(16)17-14/h2-8H,9,15H2,1H3,(H2,16,17). The van der Waals surface area contributed by atoms with E-state index in [1.54, 1.807) is 0 Å². The molecule has 4 N–H and O–H groups in total. The lowest BCUT2D eigenvalue weighted by molar-refractivity contribution is 0.402. The van der Waals surface area contributed by atoms with E-state index >= 15 is 0 Å². The summed E-state index contributed by atoms with van der Waals surface area (Å²) >= 11 is 0. The highest BCUT2D eigenvalue weighted by molar-refractivity contribution is 5.97. The fraction of sp³-hybridized carbons (Fsp3) is 0.214. The molecule has 2 heterocycles. The summed E-state index contributed by atoms with van der Waals surface area (Å²) < 4.78 is 2.13. The molecule has 4 nitrogen and oxygen atoms in total. The molecule has 1 aliphatic heterocycles. The van der Waals surface area contributed by atoms with Crippen LogP contribution in [0.3, 0.4) is 0 Å². The number of benzene rings is 1. The van der Waals surface area contributed by atoms with Gasteiger partial charge in [0.05, 0.1) is 12.2 Å². The second-order valence-corrected chi connectivity index (χ2v) is 4.92. The molecular formula is C14H16N4. The van der Waals surface area contributed by atoms with Crippen molar-refractivity contribution in [2.24, 2.45) is 10.7 Å². The van der Waals surface area contributed by atoms with Crippen molar-refractivity contribution in [1.29, 1.82) is 0 Å².